The largest absolute Gasteiger partial charge is 0.494 e. The number of hydrogen-bond donors (Lipinski definition) is 1. The summed E-state index contributed by atoms with van der Waals surface area (Å²) in [6.45, 7) is 0. The molecule has 1 amide bonds. The van der Waals surface area contributed by atoms with Crippen molar-refractivity contribution in [2.75, 3.05) is 12.4 Å². The standard InChI is InChI=1S/C24H20N2O2/c1-28-21-15-14-20(19-13-8-16-25-23(19)21)26-24(27)22(17-9-4-2-5-10-17)18-11-6-3-7-12-18/h2-16,22H,1H3,(H,26,27). The molecule has 0 bridgehead atoms. The molecule has 28 heavy (non-hydrogen) atoms. The molecule has 0 spiro atoms. The number of fused-ring (bicyclic) bond motifs is 1. The van der Waals surface area contributed by atoms with Gasteiger partial charge < -0.3 is 10.1 Å². The maximum absolute atomic E-state index is 13.3. The number of benzene rings is 3. The van der Waals surface area contributed by atoms with Crippen molar-refractivity contribution >= 4 is 22.5 Å². The van der Waals surface area contributed by atoms with E-state index >= 15 is 0 Å². The van der Waals surface area contributed by atoms with Crippen LogP contribution in [0.15, 0.2) is 91.1 Å². The van der Waals surface area contributed by atoms with Gasteiger partial charge in [-0.3, -0.25) is 9.78 Å². The summed E-state index contributed by atoms with van der Waals surface area (Å²) in [6, 6.07) is 27.1. The van der Waals surface area contributed by atoms with E-state index in [1.807, 2.05) is 84.9 Å². The molecule has 0 saturated carbocycles. The highest BCUT2D eigenvalue weighted by Crippen LogP contribution is 2.32. The fourth-order valence-electron chi connectivity index (χ4n) is 3.41. The van der Waals surface area contributed by atoms with Crippen molar-refractivity contribution in [2.45, 2.75) is 5.92 Å². The summed E-state index contributed by atoms with van der Waals surface area (Å²) in [7, 11) is 1.61. The predicted molar refractivity (Wildman–Crippen MR) is 112 cm³/mol. The van der Waals surface area contributed by atoms with Gasteiger partial charge in [-0.15, -0.1) is 0 Å². The van der Waals surface area contributed by atoms with Crippen molar-refractivity contribution in [1.82, 2.24) is 4.98 Å². The van der Waals surface area contributed by atoms with E-state index in [9.17, 15) is 4.79 Å². The van der Waals surface area contributed by atoms with Crippen molar-refractivity contribution in [3.63, 3.8) is 0 Å². The Morgan fingerprint density at radius 1 is 0.857 bits per heavy atom. The average Bonchev–Trinajstić information content (AvgIpc) is 2.76. The van der Waals surface area contributed by atoms with Crippen LogP contribution in [0.1, 0.15) is 17.0 Å². The van der Waals surface area contributed by atoms with Crippen LogP contribution in [0.3, 0.4) is 0 Å². The van der Waals surface area contributed by atoms with Crippen LogP contribution in [0.2, 0.25) is 0 Å². The third kappa shape index (κ3) is 3.45. The lowest BCUT2D eigenvalue weighted by Gasteiger charge is -2.19. The summed E-state index contributed by atoms with van der Waals surface area (Å²) >= 11 is 0. The van der Waals surface area contributed by atoms with E-state index in [4.69, 9.17) is 4.74 Å². The van der Waals surface area contributed by atoms with Crippen LogP contribution in [0.25, 0.3) is 10.9 Å². The van der Waals surface area contributed by atoms with Crippen LogP contribution in [-0.4, -0.2) is 18.0 Å². The number of amides is 1. The van der Waals surface area contributed by atoms with Crippen molar-refractivity contribution in [3.8, 4) is 5.75 Å². The molecule has 4 aromatic rings. The summed E-state index contributed by atoms with van der Waals surface area (Å²) in [5, 5.41) is 3.94. The minimum Gasteiger partial charge on any atom is -0.494 e. The molecule has 0 unspecified atom stereocenters. The van der Waals surface area contributed by atoms with Crippen LogP contribution >= 0.6 is 0 Å². The van der Waals surface area contributed by atoms with Gasteiger partial charge in [-0.2, -0.15) is 0 Å². The van der Waals surface area contributed by atoms with Gasteiger partial charge in [0.15, 0.2) is 0 Å². The molecule has 1 N–H and O–H groups in total. The van der Waals surface area contributed by atoms with Crippen LogP contribution in [0, 0.1) is 0 Å². The van der Waals surface area contributed by atoms with E-state index in [1.54, 1.807) is 13.3 Å². The third-order valence-electron chi connectivity index (χ3n) is 4.74. The lowest BCUT2D eigenvalue weighted by molar-refractivity contribution is -0.116. The molecule has 4 heteroatoms. The number of hydrogen-bond acceptors (Lipinski definition) is 3. The lowest BCUT2D eigenvalue weighted by Crippen LogP contribution is -2.22. The Hall–Kier alpha value is -3.66. The predicted octanol–water partition coefficient (Wildman–Crippen LogP) is 5.01. The molecule has 0 radical (unpaired) electrons. The van der Waals surface area contributed by atoms with Crippen molar-refractivity contribution < 1.29 is 9.53 Å². The second kappa shape index (κ2) is 7.92. The van der Waals surface area contributed by atoms with E-state index in [0.29, 0.717) is 11.4 Å². The highest BCUT2D eigenvalue weighted by molar-refractivity contribution is 6.05. The smallest absolute Gasteiger partial charge is 0.236 e. The zero-order valence-corrected chi connectivity index (χ0v) is 15.5. The van der Waals surface area contributed by atoms with Gasteiger partial charge in [0.05, 0.1) is 18.7 Å². The molecule has 138 valence electrons. The summed E-state index contributed by atoms with van der Waals surface area (Å²) in [6.07, 6.45) is 1.72. The first-order chi connectivity index (χ1) is 13.8. The maximum Gasteiger partial charge on any atom is 0.236 e. The van der Waals surface area contributed by atoms with Crippen molar-refractivity contribution in [2.24, 2.45) is 0 Å². The SMILES string of the molecule is COc1ccc(NC(=O)C(c2ccccc2)c2ccccc2)c2cccnc12. The topological polar surface area (TPSA) is 51.2 Å². The molecule has 0 atom stereocenters. The van der Waals surface area contributed by atoms with E-state index in [0.717, 1.165) is 22.0 Å². The number of carbonyl (C=O) groups is 1. The summed E-state index contributed by atoms with van der Waals surface area (Å²) < 4.78 is 5.40. The Morgan fingerprint density at radius 2 is 1.50 bits per heavy atom. The molecule has 1 aromatic heterocycles. The molecule has 0 saturated heterocycles. The number of ether oxygens (including phenoxy) is 1. The molecule has 0 fully saturated rings. The van der Waals surface area contributed by atoms with Crippen LogP contribution in [0.5, 0.6) is 5.75 Å². The summed E-state index contributed by atoms with van der Waals surface area (Å²) in [5.41, 5.74) is 3.33. The Kier molecular flexibility index (Phi) is 5.02. The quantitative estimate of drug-likeness (QED) is 0.538. The van der Waals surface area contributed by atoms with Gasteiger partial charge >= 0.3 is 0 Å². The zero-order valence-electron chi connectivity index (χ0n) is 15.5. The third-order valence-corrected chi connectivity index (χ3v) is 4.74. The van der Waals surface area contributed by atoms with Crippen LogP contribution in [-0.2, 0) is 4.79 Å². The highest BCUT2D eigenvalue weighted by Gasteiger charge is 2.23. The number of nitrogens with one attached hydrogen (secondary N) is 1. The molecule has 1 heterocycles. The molecular weight excluding hydrogens is 348 g/mol. The monoisotopic (exact) mass is 368 g/mol. The van der Waals surface area contributed by atoms with Gasteiger partial charge in [0.1, 0.15) is 11.3 Å². The molecule has 0 aliphatic heterocycles. The first kappa shape index (κ1) is 17.7. The molecule has 0 aliphatic carbocycles. The molecule has 3 aromatic carbocycles. The minimum atomic E-state index is -0.406. The fourth-order valence-corrected chi connectivity index (χ4v) is 3.41. The number of nitrogens with zero attached hydrogens (tertiary/aromatic N) is 1. The van der Waals surface area contributed by atoms with Crippen molar-refractivity contribution in [3.05, 3.63) is 102 Å². The van der Waals surface area contributed by atoms with E-state index < -0.39 is 5.92 Å². The van der Waals surface area contributed by atoms with E-state index in [2.05, 4.69) is 10.3 Å². The fraction of sp³-hybridized carbons (Fsp3) is 0.0833. The van der Waals surface area contributed by atoms with Crippen molar-refractivity contribution in [1.29, 1.82) is 0 Å². The van der Waals surface area contributed by atoms with Gasteiger partial charge in [0.25, 0.3) is 0 Å². The summed E-state index contributed by atoms with van der Waals surface area (Å²) in [5.74, 6) is 0.181. The average molecular weight is 368 g/mol. The van der Waals surface area contributed by atoms with Gasteiger partial charge in [-0.1, -0.05) is 60.7 Å². The van der Waals surface area contributed by atoms with Gasteiger partial charge in [0, 0.05) is 11.6 Å². The number of anilines is 1. The normalized spacial score (nSPS) is 10.8. The molecular formula is C24H20N2O2. The summed E-state index contributed by atoms with van der Waals surface area (Å²) in [4.78, 5) is 17.8. The van der Waals surface area contributed by atoms with Crippen LogP contribution < -0.4 is 10.1 Å². The first-order valence-corrected chi connectivity index (χ1v) is 9.10. The maximum atomic E-state index is 13.3. The number of pyridine rings is 1. The first-order valence-electron chi connectivity index (χ1n) is 9.10. The number of carbonyl (C=O) groups excluding carboxylic acids is 1. The highest BCUT2D eigenvalue weighted by atomic mass is 16.5. The Labute approximate surface area is 163 Å². The van der Waals surface area contributed by atoms with Gasteiger partial charge in [0.2, 0.25) is 5.91 Å². The van der Waals surface area contributed by atoms with E-state index in [1.165, 1.54) is 0 Å². The van der Waals surface area contributed by atoms with Gasteiger partial charge in [-0.05, 0) is 35.4 Å². The second-order valence-corrected chi connectivity index (χ2v) is 6.46. The molecule has 0 aliphatic rings. The number of methoxy groups -OCH3 is 1. The molecule has 4 rings (SSSR count). The second-order valence-electron chi connectivity index (χ2n) is 6.46. The molecule has 4 nitrogen and oxygen atoms in total. The Morgan fingerprint density at radius 3 is 2.11 bits per heavy atom. The minimum absolute atomic E-state index is 0.0901. The Bertz CT molecular complexity index is 1060. The van der Waals surface area contributed by atoms with Crippen LogP contribution in [0.4, 0.5) is 5.69 Å². The number of rotatable bonds is 5. The Balaban J connectivity index is 1.74. The van der Waals surface area contributed by atoms with Gasteiger partial charge in [-0.25, -0.2) is 0 Å². The number of aromatic nitrogens is 1. The lowest BCUT2D eigenvalue weighted by atomic mass is 9.90. The zero-order chi connectivity index (χ0) is 19.3. The van der Waals surface area contributed by atoms with E-state index in [-0.39, 0.29) is 5.91 Å².